The topological polar surface area (TPSA) is 63.2 Å². The highest BCUT2D eigenvalue weighted by molar-refractivity contribution is 6.02. The van der Waals surface area contributed by atoms with Crippen LogP contribution >= 0.6 is 0 Å². The monoisotopic (exact) mass is 471 g/mol. The minimum absolute atomic E-state index is 0.0775. The third-order valence-corrected chi connectivity index (χ3v) is 6.69. The molecule has 0 spiro atoms. The molecule has 34 heavy (non-hydrogen) atoms. The zero-order valence-electron chi connectivity index (χ0n) is 19.4. The van der Waals surface area contributed by atoms with Crippen molar-refractivity contribution in [2.75, 3.05) is 25.5 Å². The second-order valence-electron chi connectivity index (χ2n) is 8.70. The Balaban J connectivity index is 1.81. The molecule has 2 heterocycles. The molecule has 2 aromatic carbocycles. The van der Waals surface area contributed by atoms with Crippen molar-refractivity contribution in [2.45, 2.75) is 44.8 Å². The number of carbonyl (C=O) groups is 1. The molecule has 5 nitrogen and oxygen atoms in total. The van der Waals surface area contributed by atoms with Crippen LogP contribution in [0.5, 0.6) is 0 Å². The van der Waals surface area contributed by atoms with Crippen LogP contribution in [-0.4, -0.2) is 31.0 Å². The number of hydrogen-bond donors (Lipinski definition) is 2. The number of rotatable bonds is 7. The number of nitrogens with one attached hydrogen (secondary N) is 2. The van der Waals surface area contributed by atoms with Gasteiger partial charge in [-0.3, -0.25) is 9.78 Å². The van der Waals surface area contributed by atoms with E-state index in [1.165, 1.54) is 19.1 Å². The van der Waals surface area contributed by atoms with E-state index in [4.69, 9.17) is 4.74 Å². The average molecular weight is 472 g/mol. The SMILES string of the molecule is COC1(c2cc3c(N[C@H](C)c4cccc(C(F)F)c4F)ccnc3cc2C(C)=O)CCNCC1. The van der Waals surface area contributed by atoms with Crippen LogP contribution in [0, 0.1) is 5.82 Å². The molecule has 0 amide bonds. The highest BCUT2D eigenvalue weighted by atomic mass is 19.3. The number of fused-ring (bicyclic) bond motifs is 1. The molecule has 1 atom stereocenters. The lowest BCUT2D eigenvalue weighted by atomic mass is 9.80. The maximum atomic E-state index is 14.7. The number of ether oxygens (including phenoxy) is 1. The Bertz CT molecular complexity index is 1210. The van der Waals surface area contributed by atoms with Crippen molar-refractivity contribution in [3.63, 3.8) is 0 Å². The predicted molar refractivity (Wildman–Crippen MR) is 126 cm³/mol. The number of Topliss-reactive ketones (excluding diaryl/α,β-unsaturated/α-hetero) is 1. The zero-order chi connectivity index (χ0) is 24.5. The van der Waals surface area contributed by atoms with Gasteiger partial charge in [0, 0.05) is 35.5 Å². The Hall–Kier alpha value is -2.97. The first-order valence-electron chi connectivity index (χ1n) is 11.3. The van der Waals surface area contributed by atoms with Crippen molar-refractivity contribution in [3.05, 3.63) is 70.7 Å². The van der Waals surface area contributed by atoms with Gasteiger partial charge in [0.15, 0.2) is 5.78 Å². The van der Waals surface area contributed by atoms with Crippen molar-refractivity contribution in [2.24, 2.45) is 0 Å². The number of ketones is 1. The third-order valence-electron chi connectivity index (χ3n) is 6.69. The summed E-state index contributed by atoms with van der Waals surface area (Å²) < 4.78 is 47.1. The summed E-state index contributed by atoms with van der Waals surface area (Å²) in [5.74, 6) is -0.991. The normalized spacial score (nSPS) is 16.6. The van der Waals surface area contributed by atoms with E-state index >= 15 is 0 Å². The third kappa shape index (κ3) is 4.40. The van der Waals surface area contributed by atoms with Gasteiger partial charge >= 0.3 is 0 Å². The lowest BCUT2D eigenvalue weighted by molar-refractivity contribution is -0.0394. The van der Waals surface area contributed by atoms with Crippen LogP contribution in [0.4, 0.5) is 18.9 Å². The van der Waals surface area contributed by atoms with Gasteiger partial charge in [-0.1, -0.05) is 18.2 Å². The number of anilines is 1. The van der Waals surface area contributed by atoms with Gasteiger partial charge in [0.05, 0.1) is 22.7 Å². The van der Waals surface area contributed by atoms with Gasteiger partial charge < -0.3 is 15.4 Å². The first kappa shape index (κ1) is 24.2. The summed E-state index contributed by atoms with van der Waals surface area (Å²) in [7, 11) is 1.66. The number of methoxy groups -OCH3 is 1. The number of pyridine rings is 1. The van der Waals surface area contributed by atoms with Crippen molar-refractivity contribution < 1.29 is 22.7 Å². The Kier molecular flexibility index (Phi) is 6.91. The Labute approximate surface area is 196 Å². The predicted octanol–water partition coefficient (Wildman–Crippen LogP) is 5.91. The molecule has 1 aliphatic rings. The lowest BCUT2D eigenvalue weighted by Crippen LogP contribution is -2.42. The van der Waals surface area contributed by atoms with E-state index in [-0.39, 0.29) is 11.3 Å². The summed E-state index contributed by atoms with van der Waals surface area (Å²) in [6.45, 7) is 4.77. The van der Waals surface area contributed by atoms with Crippen molar-refractivity contribution in [1.29, 1.82) is 0 Å². The Morgan fingerprint density at radius 2 is 1.88 bits per heavy atom. The molecule has 0 saturated carbocycles. The van der Waals surface area contributed by atoms with E-state index in [0.29, 0.717) is 29.6 Å². The molecular weight excluding hydrogens is 443 g/mol. The van der Waals surface area contributed by atoms with Gasteiger partial charge in [-0.2, -0.15) is 0 Å². The van der Waals surface area contributed by atoms with Gasteiger partial charge in [-0.15, -0.1) is 0 Å². The molecule has 0 unspecified atom stereocenters. The summed E-state index contributed by atoms with van der Waals surface area (Å²) in [5.41, 5.74) is 1.54. The molecular formula is C26H28F3N3O2. The molecule has 3 aromatic rings. The minimum Gasteiger partial charge on any atom is -0.378 e. The number of benzene rings is 2. The van der Waals surface area contributed by atoms with Crippen LogP contribution in [0.1, 0.15) is 66.2 Å². The second-order valence-corrected chi connectivity index (χ2v) is 8.70. The molecule has 1 fully saturated rings. The molecule has 2 N–H and O–H groups in total. The van der Waals surface area contributed by atoms with E-state index in [2.05, 4.69) is 15.6 Å². The first-order valence-corrected chi connectivity index (χ1v) is 11.3. The van der Waals surface area contributed by atoms with E-state index < -0.39 is 29.4 Å². The summed E-state index contributed by atoms with van der Waals surface area (Å²) in [6, 6.07) is 8.88. The minimum atomic E-state index is -2.89. The molecule has 180 valence electrons. The summed E-state index contributed by atoms with van der Waals surface area (Å²) in [4.78, 5) is 17.0. The maximum Gasteiger partial charge on any atom is 0.266 e. The van der Waals surface area contributed by atoms with Crippen LogP contribution in [0.25, 0.3) is 10.9 Å². The van der Waals surface area contributed by atoms with Crippen LogP contribution in [0.3, 0.4) is 0 Å². The molecule has 0 bridgehead atoms. The number of nitrogens with zero attached hydrogens (tertiary/aromatic N) is 1. The molecule has 4 rings (SSSR count). The maximum absolute atomic E-state index is 14.7. The van der Waals surface area contributed by atoms with E-state index in [1.54, 1.807) is 32.4 Å². The van der Waals surface area contributed by atoms with Gasteiger partial charge in [-0.25, -0.2) is 13.2 Å². The molecule has 8 heteroatoms. The summed E-state index contributed by atoms with van der Waals surface area (Å²) in [6.07, 6.45) is 0.126. The quantitative estimate of drug-likeness (QED) is 0.420. The van der Waals surface area contributed by atoms with Gasteiger partial charge in [-0.05, 0) is 63.5 Å². The van der Waals surface area contributed by atoms with Crippen LogP contribution in [0.15, 0.2) is 42.6 Å². The van der Waals surface area contributed by atoms with Crippen LogP contribution in [0.2, 0.25) is 0 Å². The fourth-order valence-electron chi connectivity index (χ4n) is 4.78. The number of hydrogen-bond acceptors (Lipinski definition) is 5. The van der Waals surface area contributed by atoms with Gasteiger partial charge in [0.2, 0.25) is 0 Å². The molecule has 1 aliphatic heterocycles. The largest absolute Gasteiger partial charge is 0.378 e. The number of alkyl halides is 2. The smallest absolute Gasteiger partial charge is 0.266 e. The van der Waals surface area contributed by atoms with Crippen LogP contribution in [-0.2, 0) is 10.3 Å². The average Bonchev–Trinajstić information content (AvgIpc) is 2.83. The molecule has 0 radical (unpaired) electrons. The fraction of sp³-hybridized carbons (Fsp3) is 0.385. The summed E-state index contributed by atoms with van der Waals surface area (Å²) >= 11 is 0. The van der Waals surface area contributed by atoms with Crippen molar-refractivity contribution >= 4 is 22.4 Å². The molecule has 0 aliphatic carbocycles. The van der Waals surface area contributed by atoms with Gasteiger partial charge in [0.1, 0.15) is 5.82 Å². The Morgan fingerprint density at radius 1 is 1.18 bits per heavy atom. The van der Waals surface area contributed by atoms with E-state index in [1.807, 2.05) is 6.07 Å². The van der Waals surface area contributed by atoms with E-state index in [9.17, 15) is 18.0 Å². The van der Waals surface area contributed by atoms with Crippen LogP contribution < -0.4 is 10.6 Å². The molecule has 1 saturated heterocycles. The molecule has 1 aromatic heterocycles. The first-order chi connectivity index (χ1) is 16.3. The number of piperidine rings is 1. The number of aromatic nitrogens is 1. The van der Waals surface area contributed by atoms with Crippen molar-refractivity contribution in [1.82, 2.24) is 10.3 Å². The standard InChI is InChI=1S/C26H28F3N3O2/c1-15(17-5-4-6-18(24(17)27)25(28)29)32-22-7-10-31-23-14-19(16(2)33)21(13-20(22)23)26(34-3)8-11-30-12-9-26/h4-7,10,13-15,25,30H,8-9,11-12H2,1-3H3,(H,31,32)/t15-/m1/s1. The second kappa shape index (κ2) is 9.72. The van der Waals surface area contributed by atoms with Crippen molar-refractivity contribution in [3.8, 4) is 0 Å². The highest BCUT2D eigenvalue weighted by Gasteiger charge is 2.37. The van der Waals surface area contributed by atoms with E-state index in [0.717, 1.165) is 30.1 Å². The Morgan fingerprint density at radius 3 is 2.53 bits per heavy atom. The number of carbonyl (C=O) groups excluding carboxylic acids is 1. The lowest BCUT2D eigenvalue weighted by Gasteiger charge is -2.38. The summed E-state index contributed by atoms with van der Waals surface area (Å²) in [5, 5.41) is 7.32. The number of halogens is 3. The zero-order valence-corrected chi connectivity index (χ0v) is 19.4. The highest BCUT2D eigenvalue weighted by Crippen LogP contribution is 2.40. The fourth-order valence-corrected chi connectivity index (χ4v) is 4.78. The van der Waals surface area contributed by atoms with Gasteiger partial charge in [0.25, 0.3) is 6.43 Å².